The molecule has 0 bridgehead atoms. The SMILES string of the molecule is CCS(=O)(=O)N1CCN(Cc2ccc(C(=O)Nc3ccccc3C(=O)NCc3cccnc3)cc2)CC1. The van der Waals surface area contributed by atoms with Gasteiger partial charge in [-0.05, 0) is 48.4 Å². The molecule has 194 valence electrons. The van der Waals surface area contributed by atoms with Crippen molar-refractivity contribution in [2.75, 3.05) is 37.2 Å². The zero-order valence-corrected chi connectivity index (χ0v) is 21.6. The first-order valence-corrected chi connectivity index (χ1v) is 13.8. The lowest BCUT2D eigenvalue weighted by atomic mass is 10.1. The molecule has 2 heterocycles. The van der Waals surface area contributed by atoms with E-state index in [1.807, 2.05) is 18.2 Å². The summed E-state index contributed by atoms with van der Waals surface area (Å²) in [6.45, 7) is 5.00. The van der Waals surface area contributed by atoms with Gasteiger partial charge < -0.3 is 10.6 Å². The van der Waals surface area contributed by atoms with Gasteiger partial charge in [0.05, 0.1) is 17.0 Å². The third-order valence-electron chi connectivity index (χ3n) is 6.31. The quantitative estimate of drug-likeness (QED) is 0.448. The molecule has 0 unspecified atom stereocenters. The Kier molecular flexibility index (Phi) is 8.65. The van der Waals surface area contributed by atoms with Crippen LogP contribution in [0.5, 0.6) is 0 Å². The number of carbonyl (C=O) groups is 2. The Morgan fingerprint density at radius 3 is 2.30 bits per heavy atom. The second-order valence-electron chi connectivity index (χ2n) is 8.82. The Morgan fingerprint density at radius 1 is 0.892 bits per heavy atom. The summed E-state index contributed by atoms with van der Waals surface area (Å²) in [5, 5.41) is 5.70. The highest BCUT2D eigenvalue weighted by Crippen LogP contribution is 2.18. The van der Waals surface area contributed by atoms with Crippen LogP contribution in [0.4, 0.5) is 5.69 Å². The number of nitrogens with one attached hydrogen (secondary N) is 2. The van der Waals surface area contributed by atoms with Crippen LogP contribution in [-0.2, 0) is 23.1 Å². The first kappa shape index (κ1) is 26.5. The summed E-state index contributed by atoms with van der Waals surface area (Å²) in [6, 6.07) is 17.9. The second kappa shape index (κ2) is 12.1. The third kappa shape index (κ3) is 7.00. The Balaban J connectivity index is 1.33. The number of hydrogen-bond donors (Lipinski definition) is 2. The molecule has 10 heteroatoms. The zero-order chi connectivity index (χ0) is 26.3. The standard InChI is InChI=1S/C27H31N5O4S/c1-2-37(35,36)32-16-14-31(15-17-32)20-21-9-11-23(12-10-21)26(33)30-25-8-4-3-7-24(25)27(34)29-19-22-6-5-13-28-18-22/h3-13,18H,2,14-17,19-20H2,1H3,(H,29,34)(H,30,33). The molecular weight excluding hydrogens is 490 g/mol. The molecule has 0 radical (unpaired) electrons. The van der Waals surface area contributed by atoms with Gasteiger partial charge in [0.1, 0.15) is 0 Å². The van der Waals surface area contributed by atoms with E-state index in [1.54, 1.807) is 66.1 Å². The summed E-state index contributed by atoms with van der Waals surface area (Å²) >= 11 is 0. The molecule has 37 heavy (non-hydrogen) atoms. The summed E-state index contributed by atoms with van der Waals surface area (Å²) in [4.78, 5) is 31.9. The molecule has 0 aliphatic carbocycles. The third-order valence-corrected chi connectivity index (χ3v) is 8.19. The van der Waals surface area contributed by atoms with Gasteiger partial charge in [0.2, 0.25) is 10.0 Å². The Hall–Kier alpha value is -3.60. The highest BCUT2D eigenvalue weighted by molar-refractivity contribution is 7.89. The molecular formula is C27H31N5O4S. The van der Waals surface area contributed by atoms with Crippen LogP contribution in [0.2, 0.25) is 0 Å². The number of rotatable bonds is 9. The molecule has 2 aromatic carbocycles. The van der Waals surface area contributed by atoms with E-state index in [4.69, 9.17) is 0 Å². The number of piperazine rings is 1. The van der Waals surface area contributed by atoms with E-state index in [-0.39, 0.29) is 17.6 Å². The van der Waals surface area contributed by atoms with Crippen LogP contribution in [0.3, 0.4) is 0 Å². The zero-order valence-electron chi connectivity index (χ0n) is 20.8. The van der Waals surface area contributed by atoms with Crippen molar-refractivity contribution in [3.05, 3.63) is 95.3 Å². The minimum atomic E-state index is -3.15. The van der Waals surface area contributed by atoms with Crippen molar-refractivity contribution in [3.8, 4) is 0 Å². The molecule has 0 spiro atoms. The average Bonchev–Trinajstić information content (AvgIpc) is 2.93. The number of para-hydroxylation sites is 1. The van der Waals surface area contributed by atoms with Crippen LogP contribution in [0.15, 0.2) is 73.1 Å². The molecule has 9 nitrogen and oxygen atoms in total. The molecule has 0 saturated carbocycles. The summed E-state index contributed by atoms with van der Waals surface area (Å²) in [6.07, 6.45) is 3.36. The number of amides is 2. The van der Waals surface area contributed by atoms with Gasteiger partial charge in [0.25, 0.3) is 11.8 Å². The predicted molar refractivity (Wildman–Crippen MR) is 143 cm³/mol. The predicted octanol–water partition coefficient (Wildman–Crippen LogP) is 2.73. The topological polar surface area (TPSA) is 112 Å². The lowest BCUT2D eigenvalue weighted by Gasteiger charge is -2.33. The number of aromatic nitrogens is 1. The number of anilines is 1. The smallest absolute Gasteiger partial charge is 0.255 e. The van der Waals surface area contributed by atoms with Gasteiger partial charge in [-0.1, -0.05) is 30.3 Å². The van der Waals surface area contributed by atoms with Gasteiger partial charge >= 0.3 is 0 Å². The average molecular weight is 522 g/mol. The number of nitrogens with zero attached hydrogens (tertiary/aromatic N) is 3. The molecule has 2 amide bonds. The maximum atomic E-state index is 12.9. The van der Waals surface area contributed by atoms with Crippen LogP contribution in [0.1, 0.15) is 38.8 Å². The van der Waals surface area contributed by atoms with Gasteiger partial charge in [0, 0.05) is 57.2 Å². The minimum Gasteiger partial charge on any atom is -0.348 e. The van der Waals surface area contributed by atoms with Gasteiger partial charge in [-0.15, -0.1) is 0 Å². The Morgan fingerprint density at radius 2 is 1.62 bits per heavy atom. The molecule has 0 atom stereocenters. The Bertz CT molecular complexity index is 1320. The molecule has 1 aliphatic heterocycles. The Labute approximate surface area is 217 Å². The van der Waals surface area contributed by atoms with Crippen molar-refractivity contribution in [3.63, 3.8) is 0 Å². The summed E-state index contributed by atoms with van der Waals surface area (Å²) in [5.41, 5.74) is 3.21. The molecule has 1 aliphatic rings. The maximum Gasteiger partial charge on any atom is 0.255 e. The number of sulfonamides is 1. The largest absolute Gasteiger partial charge is 0.348 e. The van der Waals surface area contributed by atoms with Gasteiger partial charge in [-0.25, -0.2) is 8.42 Å². The summed E-state index contributed by atoms with van der Waals surface area (Å²) < 4.78 is 25.6. The minimum absolute atomic E-state index is 0.122. The molecule has 2 N–H and O–H groups in total. The monoisotopic (exact) mass is 521 g/mol. The van der Waals surface area contributed by atoms with E-state index in [0.29, 0.717) is 56.1 Å². The highest BCUT2D eigenvalue weighted by atomic mass is 32.2. The van der Waals surface area contributed by atoms with Gasteiger partial charge in [-0.2, -0.15) is 4.31 Å². The first-order valence-electron chi connectivity index (χ1n) is 12.2. The molecule has 3 aromatic rings. The number of carbonyl (C=O) groups excluding carboxylic acids is 2. The summed E-state index contributed by atoms with van der Waals surface area (Å²) in [5.74, 6) is -0.476. The lowest BCUT2D eigenvalue weighted by molar-refractivity contribution is 0.0951. The van der Waals surface area contributed by atoms with E-state index < -0.39 is 10.0 Å². The second-order valence-corrected chi connectivity index (χ2v) is 11.1. The van der Waals surface area contributed by atoms with Crippen LogP contribution >= 0.6 is 0 Å². The highest BCUT2D eigenvalue weighted by Gasteiger charge is 2.25. The molecule has 4 rings (SSSR count). The van der Waals surface area contributed by atoms with E-state index in [0.717, 1.165) is 11.1 Å². The van der Waals surface area contributed by atoms with E-state index in [9.17, 15) is 18.0 Å². The van der Waals surface area contributed by atoms with Crippen molar-refractivity contribution in [2.24, 2.45) is 0 Å². The number of benzene rings is 2. The van der Waals surface area contributed by atoms with Crippen molar-refractivity contribution < 1.29 is 18.0 Å². The van der Waals surface area contributed by atoms with E-state index >= 15 is 0 Å². The fraction of sp³-hybridized carbons (Fsp3) is 0.296. The van der Waals surface area contributed by atoms with Crippen LogP contribution in [0, 0.1) is 0 Å². The van der Waals surface area contributed by atoms with Crippen molar-refractivity contribution >= 4 is 27.5 Å². The van der Waals surface area contributed by atoms with Crippen molar-refractivity contribution in [1.29, 1.82) is 0 Å². The first-order chi connectivity index (χ1) is 17.9. The van der Waals surface area contributed by atoms with Crippen LogP contribution in [0.25, 0.3) is 0 Å². The fourth-order valence-electron chi connectivity index (χ4n) is 4.13. The molecule has 1 saturated heterocycles. The number of pyridine rings is 1. The van der Waals surface area contributed by atoms with E-state index in [2.05, 4.69) is 20.5 Å². The van der Waals surface area contributed by atoms with Crippen LogP contribution < -0.4 is 10.6 Å². The van der Waals surface area contributed by atoms with Gasteiger partial charge in [-0.3, -0.25) is 19.5 Å². The van der Waals surface area contributed by atoms with Crippen molar-refractivity contribution in [1.82, 2.24) is 19.5 Å². The van der Waals surface area contributed by atoms with Crippen molar-refractivity contribution in [2.45, 2.75) is 20.0 Å². The van der Waals surface area contributed by atoms with Crippen LogP contribution in [-0.4, -0.2) is 66.4 Å². The molecule has 1 fully saturated rings. The summed E-state index contributed by atoms with van der Waals surface area (Å²) in [7, 11) is -3.15. The maximum absolute atomic E-state index is 12.9. The van der Waals surface area contributed by atoms with E-state index in [1.165, 1.54) is 0 Å². The van der Waals surface area contributed by atoms with Gasteiger partial charge in [0.15, 0.2) is 0 Å². The lowest BCUT2D eigenvalue weighted by Crippen LogP contribution is -2.48. The number of hydrogen-bond acceptors (Lipinski definition) is 6. The fourth-order valence-corrected chi connectivity index (χ4v) is 5.22. The normalized spacial score (nSPS) is 14.7. The molecule has 1 aromatic heterocycles.